The highest BCUT2D eigenvalue weighted by atomic mass is 32.1. The summed E-state index contributed by atoms with van der Waals surface area (Å²) in [4.78, 5) is 20.7. The van der Waals surface area contributed by atoms with Crippen LogP contribution in [0.3, 0.4) is 0 Å². The summed E-state index contributed by atoms with van der Waals surface area (Å²) in [7, 11) is 0. The van der Waals surface area contributed by atoms with Crippen molar-refractivity contribution < 1.29 is 19.0 Å². The van der Waals surface area contributed by atoms with E-state index in [4.69, 9.17) is 4.74 Å². The van der Waals surface area contributed by atoms with Gasteiger partial charge in [-0.2, -0.15) is 0 Å². The predicted octanol–water partition coefficient (Wildman–Crippen LogP) is 5.26. The number of pyridine rings is 1. The minimum Gasteiger partial charge on any atom is -0.494 e. The maximum Gasteiger partial charge on any atom is 0.336 e. The number of halogens is 1. The second kappa shape index (κ2) is 7.36. The molecule has 1 N–H and O–H groups in total. The van der Waals surface area contributed by atoms with Crippen LogP contribution in [-0.4, -0.2) is 27.7 Å². The zero-order valence-electron chi connectivity index (χ0n) is 14.8. The number of fused-ring (bicyclic) bond motifs is 1. The number of rotatable bonds is 5. The molecule has 0 spiro atoms. The molecule has 0 unspecified atom stereocenters. The van der Waals surface area contributed by atoms with Crippen LogP contribution in [0.2, 0.25) is 0 Å². The topological polar surface area (TPSA) is 72.3 Å². The number of carboxylic acid groups (broad SMARTS) is 1. The fraction of sp³-hybridized carbons (Fsp3) is 0.0952. The van der Waals surface area contributed by atoms with E-state index in [9.17, 15) is 14.3 Å². The lowest BCUT2D eigenvalue weighted by molar-refractivity contribution is 0.0699. The smallest absolute Gasteiger partial charge is 0.336 e. The predicted molar refractivity (Wildman–Crippen MR) is 106 cm³/mol. The number of aromatic carboxylic acids is 1. The number of hydrogen-bond acceptors (Lipinski definition) is 5. The number of benzene rings is 2. The van der Waals surface area contributed by atoms with Crippen molar-refractivity contribution in [3.63, 3.8) is 0 Å². The number of ether oxygens (including phenoxy) is 1. The molecule has 2 heterocycles. The average molecular weight is 394 g/mol. The lowest BCUT2D eigenvalue weighted by Crippen LogP contribution is -2.00. The first-order valence-corrected chi connectivity index (χ1v) is 9.46. The van der Waals surface area contributed by atoms with Crippen LogP contribution < -0.4 is 4.74 Å². The maximum absolute atomic E-state index is 13.5. The molecule has 0 aliphatic heterocycles. The van der Waals surface area contributed by atoms with Crippen LogP contribution in [0.1, 0.15) is 17.3 Å². The molecule has 2 aromatic carbocycles. The molecule has 4 rings (SSSR count). The highest BCUT2D eigenvalue weighted by Crippen LogP contribution is 2.31. The van der Waals surface area contributed by atoms with Gasteiger partial charge < -0.3 is 9.84 Å². The molecule has 5 nitrogen and oxygen atoms in total. The minimum absolute atomic E-state index is 0.00452. The summed E-state index contributed by atoms with van der Waals surface area (Å²) in [5.41, 5.74) is 2.34. The van der Waals surface area contributed by atoms with Crippen LogP contribution in [0.25, 0.3) is 32.9 Å². The lowest BCUT2D eigenvalue weighted by Gasteiger charge is -2.05. The fourth-order valence-corrected chi connectivity index (χ4v) is 3.71. The number of thiazole rings is 1. The summed E-state index contributed by atoms with van der Waals surface area (Å²) >= 11 is 1.44. The van der Waals surface area contributed by atoms with Gasteiger partial charge in [-0.3, -0.25) is 0 Å². The monoisotopic (exact) mass is 394 g/mol. The molecule has 28 heavy (non-hydrogen) atoms. The Morgan fingerprint density at radius 3 is 2.61 bits per heavy atom. The number of carbonyl (C=O) groups is 1. The maximum atomic E-state index is 13.5. The highest BCUT2D eigenvalue weighted by Gasteiger charge is 2.16. The van der Waals surface area contributed by atoms with Gasteiger partial charge in [0, 0.05) is 16.3 Å². The third kappa shape index (κ3) is 3.44. The quantitative estimate of drug-likeness (QED) is 0.500. The summed E-state index contributed by atoms with van der Waals surface area (Å²) in [5.74, 6) is -0.852. The van der Waals surface area contributed by atoms with Crippen molar-refractivity contribution in [2.75, 3.05) is 6.61 Å². The molecule has 0 amide bonds. The number of carboxylic acids is 1. The standard InChI is InChI=1S/C21H15FN2O3S/c1-2-27-14-6-3-12(4-7-14)20-24-19(11-28-20)18-10-16(21(25)26)15-9-13(22)5-8-17(15)23-18/h3-11H,2H2,1H3,(H,25,26). The third-order valence-electron chi connectivity index (χ3n) is 4.18. The molecule has 4 aromatic rings. The van der Waals surface area contributed by atoms with E-state index in [-0.39, 0.29) is 10.9 Å². The van der Waals surface area contributed by atoms with E-state index >= 15 is 0 Å². The normalized spacial score (nSPS) is 10.9. The molecule has 0 fully saturated rings. The van der Waals surface area contributed by atoms with Crippen LogP contribution in [0.15, 0.2) is 53.9 Å². The van der Waals surface area contributed by atoms with Crippen molar-refractivity contribution in [2.24, 2.45) is 0 Å². The third-order valence-corrected chi connectivity index (χ3v) is 5.07. The van der Waals surface area contributed by atoms with Crippen LogP contribution in [-0.2, 0) is 0 Å². The van der Waals surface area contributed by atoms with Gasteiger partial charge in [-0.15, -0.1) is 11.3 Å². The molecule has 0 radical (unpaired) electrons. The number of hydrogen-bond donors (Lipinski definition) is 1. The van der Waals surface area contributed by atoms with Crippen molar-refractivity contribution in [3.05, 3.63) is 65.3 Å². The van der Waals surface area contributed by atoms with Crippen molar-refractivity contribution in [3.8, 4) is 27.7 Å². The number of aromatic nitrogens is 2. The zero-order valence-corrected chi connectivity index (χ0v) is 15.7. The van der Waals surface area contributed by atoms with Gasteiger partial charge in [-0.25, -0.2) is 19.2 Å². The second-order valence-corrected chi connectivity index (χ2v) is 6.88. The molecule has 0 aliphatic rings. The van der Waals surface area contributed by atoms with E-state index in [0.29, 0.717) is 23.5 Å². The summed E-state index contributed by atoms with van der Waals surface area (Å²) in [6.07, 6.45) is 0. The van der Waals surface area contributed by atoms with Crippen LogP contribution in [0.5, 0.6) is 5.75 Å². The Morgan fingerprint density at radius 2 is 1.89 bits per heavy atom. The van der Waals surface area contributed by atoms with Crippen LogP contribution in [0.4, 0.5) is 4.39 Å². The van der Waals surface area contributed by atoms with E-state index in [1.165, 1.54) is 35.6 Å². The lowest BCUT2D eigenvalue weighted by atomic mass is 10.1. The first-order chi connectivity index (χ1) is 13.5. The molecular formula is C21H15FN2O3S. The molecule has 140 valence electrons. The highest BCUT2D eigenvalue weighted by molar-refractivity contribution is 7.13. The van der Waals surface area contributed by atoms with Gasteiger partial charge in [0.05, 0.1) is 23.4 Å². The molecule has 0 saturated heterocycles. The Labute approximate surface area is 164 Å². The van der Waals surface area contributed by atoms with E-state index in [1.807, 2.05) is 36.6 Å². The van der Waals surface area contributed by atoms with Crippen molar-refractivity contribution in [1.29, 1.82) is 0 Å². The van der Waals surface area contributed by atoms with Crippen molar-refractivity contribution in [2.45, 2.75) is 6.92 Å². The van der Waals surface area contributed by atoms with E-state index in [1.54, 1.807) is 0 Å². The van der Waals surface area contributed by atoms with Gasteiger partial charge in [0.1, 0.15) is 22.3 Å². The Kier molecular flexibility index (Phi) is 4.75. The molecular weight excluding hydrogens is 379 g/mol. The molecule has 7 heteroatoms. The van der Waals surface area contributed by atoms with Crippen molar-refractivity contribution >= 4 is 28.2 Å². The zero-order chi connectivity index (χ0) is 19.7. The van der Waals surface area contributed by atoms with Gasteiger partial charge in [0.25, 0.3) is 0 Å². The first kappa shape index (κ1) is 18.1. The largest absolute Gasteiger partial charge is 0.494 e. The minimum atomic E-state index is -1.14. The summed E-state index contributed by atoms with van der Waals surface area (Å²) < 4.78 is 19.0. The molecule has 0 bridgehead atoms. The van der Waals surface area contributed by atoms with E-state index in [2.05, 4.69) is 9.97 Å². The van der Waals surface area contributed by atoms with Gasteiger partial charge >= 0.3 is 5.97 Å². The van der Waals surface area contributed by atoms with Gasteiger partial charge in [-0.1, -0.05) is 0 Å². The van der Waals surface area contributed by atoms with Crippen LogP contribution in [0, 0.1) is 5.82 Å². The summed E-state index contributed by atoms with van der Waals surface area (Å²) in [6.45, 7) is 2.53. The Balaban J connectivity index is 1.75. The van der Waals surface area contributed by atoms with Gasteiger partial charge in [0.2, 0.25) is 0 Å². The van der Waals surface area contributed by atoms with E-state index < -0.39 is 11.8 Å². The molecule has 0 aliphatic carbocycles. The Hall–Kier alpha value is -3.32. The fourth-order valence-electron chi connectivity index (χ4n) is 2.89. The van der Waals surface area contributed by atoms with Crippen LogP contribution >= 0.6 is 11.3 Å². The van der Waals surface area contributed by atoms with Gasteiger partial charge in [0.15, 0.2) is 0 Å². The Bertz CT molecular complexity index is 1170. The second-order valence-electron chi connectivity index (χ2n) is 6.02. The molecule has 2 aromatic heterocycles. The first-order valence-electron chi connectivity index (χ1n) is 8.58. The van der Waals surface area contributed by atoms with E-state index in [0.717, 1.165) is 16.3 Å². The SMILES string of the molecule is CCOc1ccc(-c2nc(-c3cc(C(=O)O)c4cc(F)ccc4n3)cs2)cc1. The molecule has 0 atom stereocenters. The average Bonchev–Trinajstić information content (AvgIpc) is 3.18. The molecule has 0 saturated carbocycles. The summed E-state index contributed by atoms with van der Waals surface area (Å²) in [6, 6.07) is 13.0. The van der Waals surface area contributed by atoms with Crippen molar-refractivity contribution in [1.82, 2.24) is 9.97 Å². The van der Waals surface area contributed by atoms with Gasteiger partial charge in [-0.05, 0) is 55.5 Å². The number of nitrogens with zero attached hydrogens (tertiary/aromatic N) is 2. The Morgan fingerprint density at radius 1 is 1.11 bits per heavy atom. The summed E-state index contributed by atoms with van der Waals surface area (Å²) in [5, 5.41) is 12.4.